The number of carbonyl (C=O) groups excluding carboxylic acids is 2. The molecule has 7 heteroatoms. The van der Waals surface area contributed by atoms with E-state index in [1.54, 1.807) is 12.1 Å². The highest BCUT2D eigenvalue weighted by Crippen LogP contribution is 2.23. The molecule has 0 aliphatic heterocycles. The normalized spacial score (nSPS) is 10.0. The van der Waals surface area contributed by atoms with Crippen LogP contribution in [0.3, 0.4) is 0 Å². The standard InChI is InChI=1S/C18H18BrNO5/c1-23-14-7-8-16(19)15(11-14)18(22)25-12-17(21)20-9-10-24-13-5-3-2-4-6-13/h2-8,11H,9-10,12H2,1H3,(H,20,21). The summed E-state index contributed by atoms with van der Waals surface area (Å²) in [5, 5.41) is 2.62. The van der Waals surface area contributed by atoms with Gasteiger partial charge in [-0.2, -0.15) is 0 Å². The predicted octanol–water partition coefficient (Wildman–Crippen LogP) is 2.81. The first kappa shape index (κ1) is 18.8. The summed E-state index contributed by atoms with van der Waals surface area (Å²) in [6.07, 6.45) is 0. The van der Waals surface area contributed by atoms with E-state index in [2.05, 4.69) is 21.2 Å². The summed E-state index contributed by atoms with van der Waals surface area (Å²) in [6.45, 7) is 0.271. The van der Waals surface area contributed by atoms with Gasteiger partial charge in [-0.15, -0.1) is 0 Å². The number of methoxy groups -OCH3 is 1. The SMILES string of the molecule is COc1ccc(Br)c(C(=O)OCC(=O)NCCOc2ccccc2)c1. The molecule has 0 heterocycles. The first-order valence-electron chi connectivity index (χ1n) is 7.55. The number of para-hydroxylation sites is 1. The second-order valence-electron chi connectivity index (χ2n) is 4.93. The number of rotatable bonds is 8. The lowest BCUT2D eigenvalue weighted by molar-refractivity contribution is -0.124. The molecule has 0 saturated heterocycles. The van der Waals surface area contributed by atoms with E-state index in [1.807, 2.05) is 30.3 Å². The van der Waals surface area contributed by atoms with Gasteiger partial charge < -0.3 is 19.5 Å². The third-order valence-electron chi connectivity index (χ3n) is 3.16. The smallest absolute Gasteiger partial charge is 0.339 e. The highest BCUT2D eigenvalue weighted by molar-refractivity contribution is 9.10. The van der Waals surface area contributed by atoms with E-state index in [0.29, 0.717) is 28.9 Å². The molecule has 2 aromatic rings. The van der Waals surface area contributed by atoms with Crippen LogP contribution in [0.1, 0.15) is 10.4 Å². The van der Waals surface area contributed by atoms with Crippen molar-refractivity contribution in [1.82, 2.24) is 5.32 Å². The van der Waals surface area contributed by atoms with Crippen molar-refractivity contribution in [3.63, 3.8) is 0 Å². The van der Waals surface area contributed by atoms with Gasteiger partial charge in [-0.05, 0) is 46.3 Å². The average Bonchev–Trinajstić information content (AvgIpc) is 2.64. The lowest BCUT2D eigenvalue weighted by Crippen LogP contribution is -2.32. The number of ether oxygens (including phenoxy) is 3. The number of nitrogens with one attached hydrogen (secondary N) is 1. The number of carbonyl (C=O) groups is 2. The quantitative estimate of drug-likeness (QED) is 0.537. The lowest BCUT2D eigenvalue weighted by atomic mass is 10.2. The fourth-order valence-electron chi connectivity index (χ4n) is 1.92. The van der Waals surface area contributed by atoms with Crippen LogP contribution in [-0.4, -0.2) is 38.7 Å². The Kier molecular flexibility index (Phi) is 7.28. The largest absolute Gasteiger partial charge is 0.497 e. The van der Waals surface area contributed by atoms with Gasteiger partial charge in [0.2, 0.25) is 0 Å². The molecular weight excluding hydrogens is 390 g/mol. The summed E-state index contributed by atoms with van der Waals surface area (Å²) < 4.78 is 16.1. The molecular formula is C18H18BrNO5. The third kappa shape index (κ3) is 6.11. The molecule has 132 valence electrons. The second kappa shape index (κ2) is 9.68. The van der Waals surface area contributed by atoms with E-state index in [-0.39, 0.29) is 6.61 Å². The Labute approximate surface area is 154 Å². The number of esters is 1. The summed E-state index contributed by atoms with van der Waals surface area (Å²) in [7, 11) is 1.50. The molecule has 0 bridgehead atoms. The fourth-order valence-corrected chi connectivity index (χ4v) is 2.33. The molecule has 6 nitrogen and oxygen atoms in total. The van der Waals surface area contributed by atoms with Crippen LogP contribution in [0.2, 0.25) is 0 Å². The molecule has 1 amide bonds. The Bertz CT molecular complexity index is 721. The Balaban J connectivity index is 1.71. The minimum absolute atomic E-state index is 0.291. The first-order chi connectivity index (χ1) is 12.1. The molecule has 0 saturated carbocycles. The summed E-state index contributed by atoms with van der Waals surface area (Å²) in [5.41, 5.74) is 0.291. The van der Waals surface area contributed by atoms with Gasteiger partial charge in [0.25, 0.3) is 5.91 Å². The van der Waals surface area contributed by atoms with Gasteiger partial charge in [-0.25, -0.2) is 4.79 Å². The zero-order valence-corrected chi connectivity index (χ0v) is 15.2. The Morgan fingerprint density at radius 3 is 2.56 bits per heavy atom. The van der Waals surface area contributed by atoms with Crippen molar-refractivity contribution in [2.75, 3.05) is 26.9 Å². The molecule has 25 heavy (non-hydrogen) atoms. The van der Waals surface area contributed by atoms with Gasteiger partial charge in [0.15, 0.2) is 6.61 Å². The maximum Gasteiger partial charge on any atom is 0.339 e. The molecule has 0 atom stereocenters. The van der Waals surface area contributed by atoms with Gasteiger partial charge in [0.1, 0.15) is 18.1 Å². The van der Waals surface area contributed by atoms with Gasteiger partial charge in [0, 0.05) is 4.47 Å². The topological polar surface area (TPSA) is 73.9 Å². The van der Waals surface area contributed by atoms with E-state index in [9.17, 15) is 9.59 Å². The Morgan fingerprint density at radius 1 is 1.08 bits per heavy atom. The molecule has 2 aromatic carbocycles. The first-order valence-corrected chi connectivity index (χ1v) is 8.34. The zero-order chi connectivity index (χ0) is 18.1. The molecule has 1 N–H and O–H groups in total. The Hall–Kier alpha value is -2.54. The van der Waals surface area contributed by atoms with E-state index in [1.165, 1.54) is 13.2 Å². The molecule has 0 aliphatic carbocycles. The lowest BCUT2D eigenvalue weighted by Gasteiger charge is -2.09. The maximum atomic E-state index is 12.0. The molecule has 0 unspecified atom stereocenters. The van der Waals surface area contributed by atoms with Crippen molar-refractivity contribution in [2.45, 2.75) is 0 Å². The highest BCUT2D eigenvalue weighted by Gasteiger charge is 2.14. The number of hydrogen-bond acceptors (Lipinski definition) is 5. The van der Waals surface area contributed by atoms with Crippen molar-refractivity contribution in [3.05, 3.63) is 58.6 Å². The molecule has 0 aliphatic rings. The minimum atomic E-state index is -0.610. The van der Waals surface area contributed by atoms with E-state index >= 15 is 0 Å². The molecule has 0 aromatic heterocycles. The van der Waals surface area contributed by atoms with Crippen LogP contribution >= 0.6 is 15.9 Å². The fraction of sp³-hybridized carbons (Fsp3) is 0.222. The third-order valence-corrected chi connectivity index (χ3v) is 3.86. The van der Waals surface area contributed by atoms with Crippen molar-refractivity contribution < 1.29 is 23.8 Å². The number of benzene rings is 2. The summed E-state index contributed by atoms with van der Waals surface area (Å²) in [6, 6.07) is 14.2. The molecule has 2 rings (SSSR count). The van der Waals surface area contributed by atoms with Gasteiger partial charge >= 0.3 is 5.97 Å². The minimum Gasteiger partial charge on any atom is -0.497 e. The number of halogens is 1. The molecule has 0 radical (unpaired) electrons. The van der Waals surface area contributed by atoms with Gasteiger partial charge in [0.05, 0.1) is 19.2 Å². The van der Waals surface area contributed by atoms with Crippen molar-refractivity contribution in [3.8, 4) is 11.5 Å². The van der Waals surface area contributed by atoms with Crippen molar-refractivity contribution >= 4 is 27.8 Å². The predicted molar refractivity (Wildman–Crippen MR) is 95.9 cm³/mol. The number of hydrogen-bond donors (Lipinski definition) is 1. The van der Waals surface area contributed by atoms with Crippen LogP contribution in [0.15, 0.2) is 53.0 Å². The van der Waals surface area contributed by atoms with Crippen molar-refractivity contribution in [1.29, 1.82) is 0 Å². The summed E-state index contributed by atoms with van der Waals surface area (Å²) in [4.78, 5) is 23.8. The average molecular weight is 408 g/mol. The van der Waals surface area contributed by atoms with Crippen LogP contribution in [0.25, 0.3) is 0 Å². The van der Waals surface area contributed by atoms with Crippen molar-refractivity contribution in [2.24, 2.45) is 0 Å². The summed E-state index contributed by atoms with van der Waals surface area (Å²) >= 11 is 3.27. The van der Waals surface area contributed by atoms with E-state index in [0.717, 1.165) is 5.75 Å². The number of amides is 1. The van der Waals surface area contributed by atoms with Crippen LogP contribution < -0.4 is 14.8 Å². The van der Waals surface area contributed by atoms with E-state index < -0.39 is 11.9 Å². The van der Waals surface area contributed by atoms with Crippen LogP contribution in [0.4, 0.5) is 0 Å². The molecule has 0 spiro atoms. The zero-order valence-electron chi connectivity index (χ0n) is 13.7. The van der Waals surface area contributed by atoms with Crippen LogP contribution in [0.5, 0.6) is 11.5 Å². The van der Waals surface area contributed by atoms with Crippen LogP contribution in [-0.2, 0) is 9.53 Å². The van der Waals surface area contributed by atoms with E-state index in [4.69, 9.17) is 14.2 Å². The maximum absolute atomic E-state index is 12.0. The highest BCUT2D eigenvalue weighted by atomic mass is 79.9. The van der Waals surface area contributed by atoms with Gasteiger partial charge in [-0.3, -0.25) is 4.79 Å². The Morgan fingerprint density at radius 2 is 1.84 bits per heavy atom. The summed E-state index contributed by atoms with van der Waals surface area (Å²) in [5.74, 6) is 0.245. The monoisotopic (exact) mass is 407 g/mol. The van der Waals surface area contributed by atoms with Crippen LogP contribution in [0, 0.1) is 0 Å². The van der Waals surface area contributed by atoms with Gasteiger partial charge in [-0.1, -0.05) is 18.2 Å². The second-order valence-corrected chi connectivity index (χ2v) is 5.79. The molecule has 0 fully saturated rings.